The average Bonchev–Trinajstić information content (AvgIpc) is 3.05. The summed E-state index contributed by atoms with van der Waals surface area (Å²) in [5, 5.41) is 0.231. The largest absolute Gasteiger partial charge is 0.464 e. The molecule has 11 heteroatoms. The zero-order chi connectivity index (χ0) is 21.4. The lowest BCUT2D eigenvalue weighted by atomic mass is 9.89. The topological polar surface area (TPSA) is 116 Å². The van der Waals surface area contributed by atoms with Crippen molar-refractivity contribution in [1.29, 1.82) is 0 Å². The second-order valence-electron chi connectivity index (χ2n) is 6.73. The molecule has 0 fully saturated rings. The van der Waals surface area contributed by atoms with Crippen LogP contribution in [0.25, 0.3) is 0 Å². The molecule has 0 amide bonds. The number of nitrogens with two attached hydrogens (primary N) is 1. The van der Waals surface area contributed by atoms with Crippen LogP contribution in [0, 0.1) is 5.82 Å². The lowest BCUT2D eigenvalue weighted by molar-refractivity contribution is 0.0589. The Hall–Kier alpha value is -2.53. The van der Waals surface area contributed by atoms with E-state index in [2.05, 4.69) is 14.5 Å². The lowest BCUT2D eigenvalue weighted by Gasteiger charge is -2.30. The molecule has 1 aromatic heterocycles. The maximum absolute atomic E-state index is 14.4. The maximum Gasteiger partial charge on any atom is 0.354 e. The van der Waals surface area contributed by atoms with Gasteiger partial charge < -0.3 is 15.0 Å². The number of hydrogen-bond acceptors (Lipinski definition) is 7. The number of halogens is 1. The highest BCUT2D eigenvalue weighted by Gasteiger charge is 2.31. The van der Waals surface area contributed by atoms with Crippen LogP contribution in [0.2, 0.25) is 0 Å². The van der Waals surface area contributed by atoms with E-state index in [-0.39, 0.29) is 16.4 Å². The van der Waals surface area contributed by atoms with Crippen molar-refractivity contribution in [2.45, 2.75) is 23.9 Å². The first kappa shape index (κ1) is 21.2. The molecular weight excluding hydrogens is 419 g/mol. The summed E-state index contributed by atoms with van der Waals surface area (Å²) in [6, 6.07) is 6.75. The number of nitrogens with one attached hydrogen (secondary N) is 1. The zero-order valence-electron chi connectivity index (χ0n) is 16.1. The second kappa shape index (κ2) is 7.71. The highest BCUT2D eigenvalue weighted by molar-refractivity contribution is 8.13. The first-order valence-electron chi connectivity index (χ1n) is 8.62. The van der Waals surface area contributed by atoms with Crippen molar-refractivity contribution in [3.8, 4) is 0 Å². The third-order valence-corrected chi connectivity index (χ3v) is 7.02. The molecule has 0 bridgehead atoms. The van der Waals surface area contributed by atoms with E-state index < -0.39 is 27.3 Å². The number of carbonyl (C=O) groups excluding carboxylic acids is 1. The monoisotopic (exact) mass is 440 g/mol. The number of hydrogen-bond donors (Lipinski definition) is 2. The van der Waals surface area contributed by atoms with Gasteiger partial charge in [0.1, 0.15) is 11.5 Å². The molecule has 3 rings (SSSR count). The third kappa shape index (κ3) is 4.10. The Morgan fingerprint density at radius 1 is 1.38 bits per heavy atom. The molecule has 1 aromatic carbocycles. The minimum absolute atomic E-state index is 0.0547. The minimum atomic E-state index is -4.16. The van der Waals surface area contributed by atoms with Crippen LogP contribution >= 0.6 is 11.8 Å². The number of ether oxygens (including phenoxy) is 1. The number of anilines is 1. The molecule has 29 heavy (non-hydrogen) atoms. The van der Waals surface area contributed by atoms with Crippen molar-refractivity contribution in [2.24, 2.45) is 17.8 Å². The van der Waals surface area contributed by atoms with Crippen LogP contribution in [0.3, 0.4) is 0 Å². The number of methoxy groups -OCH3 is 1. The second-order valence-corrected chi connectivity index (χ2v) is 9.47. The maximum atomic E-state index is 14.4. The lowest BCUT2D eigenvalue weighted by Crippen LogP contribution is -2.29. The van der Waals surface area contributed by atoms with Crippen LogP contribution < -0.4 is 10.5 Å². The number of amidine groups is 1. The van der Waals surface area contributed by atoms with Gasteiger partial charge >= 0.3 is 5.97 Å². The Kier molecular flexibility index (Phi) is 5.63. The van der Waals surface area contributed by atoms with Gasteiger partial charge in [0, 0.05) is 12.8 Å². The summed E-state index contributed by atoms with van der Waals surface area (Å²) < 4.78 is 48.1. The Balaban J connectivity index is 1.97. The van der Waals surface area contributed by atoms with Crippen molar-refractivity contribution in [2.75, 3.05) is 17.6 Å². The molecule has 3 N–H and O–H groups in total. The number of sulfonamides is 1. The first-order valence-corrected chi connectivity index (χ1v) is 11.1. The van der Waals surface area contributed by atoms with Gasteiger partial charge in [-0.15, -0.1) is 0 Å². The number of aliphatic imine (C=N–C) groups is 1. The van der Waals surface area contributed by atoms with E-state index in [4.69, 9.17) is 5.73 Å². The molecule has 2 heterocycles. The van der Waals surface area contributed by atoms with E-state index >= 15 is 0 Å². The molecule has 2 aromatic rings. The first-order chi connectivity index (χ1) is 13.6. The smallest absolute Gasteiger partial charge is 0.354 e. The molecule has 1 atom stereocenters. The van der Waals surface area contributed by atoms with Gasteiger partial charge in [0.25, 0.3) is 10.0 Å². The van der Waals surface area contributed by atoms with Gasteiger partial charge in [-0.2, -0.15) is 8.42 Å². The quantitative estimate of drug-likeness (QED) is 0.690. The molecular formula is C18H21FN4O4S2. The van der Waals surface area contributed by atoms with Gasteiger partial charge in [-0.1, -0.05) is 17.8 Å². The van der Waals surface area contributed by atoms with Crippen molar-refractivity contribution < 1.29 is 22.3 Å². The summed E-state index contributed by atoms with van der Waals surface area (Å²) in [7, 11) is -1.56. The zero-order valence-corrected chi connectivity index (χ0v) is 17.7. The van der Waals surface area contributed by atoms with E-state index in [1.807, 2.05) is 6.92 Å². The van der Waals surface area contributed by atoms with Gasteiger partial charge in [-0.25, -0.2) is 9.18 Å². The van der Waals surface area contributed by atoms with Gasteiger partial charge in [-0.05, 0) is 43.2 Å². The fourth-order valence-electron chi connectivity index (χ4n) is 3.10. The van der Waals surface area contributed by atoms with Crippen molar-refractivity contribution >= 4 is 38.6 Å². The molecule has 156 valence electrons. The van der Waals surface area contributed by atoms with Crippen LogP contribution in [0.4, 0.5) is 10.1 Å². The average molecular weight is 441 g/mol. The number of rotatable bonds is 5. The molecule has 0 saturated carbocycles. The van der Waals surface area contributed by atoms with Crippen LogP contribution in [-0.2, 0) is 27.3 Å². The SMILES string of the molecule is COC(=O)c1ccc(S(=O)(=O)Nc2cc(C3(C)CCSC(N)=N3)ccc2F)n1C. The van der Waals surface area contributed by atoms with Gasteiger partial charge in [-0.3, -0.25) is 9.71 Å². The highest BCUT2D eigenvalue weighted by Crippen LogP contribution is 2.36. The standard InChI is InChI=1S/C18H21FN4O4S2/c1-18(8-9-28-17(20)21-18)11-4-5-12(19)13(10-11)22-29(25,26)15-7-6-14(23(15)2)16(24)27-3/h4-7,10,22H,8-9H2,1-3H3,(H2,20,21). The number of aromatic nitrogens is 1. The molecule has 0 saturated heterocycles. The highest BCUT2D eigenvalue weighted by atomic mass is 32.2. The van der Waals surface area contributed by atoms with E-state index in [1.54, 1.807) is 6.07 Å². The Labute approximate surface area is 172 Å². The Bertz CT molecular complexity index is 1100. The van der Waals surface area contributed by atoms with Crippen LogP contribution in [-0.4, -0.2) is 37.0 Å². The minimum Gasteiger partial charge on any atom is -0.464 e. The molecule has 0 spiro atoms. The molecule has 1 aliphatic rings. The van der Waals surface area contributed by atoms with Crippen LogP contribution in [0.5, 0.6) is 0 Å². The van der Waals surface area contributed by atoms with E-state index in [9.17, 15) is 17.6 Å². The van der Waals surface area contributed by atoms with Crippen molar-refractivity contribution in [1.82, 2.24) is 4.57 Å². The fourth-order valence-corrected chi connectivity index (χ4v) is 5.33. The summed E-state index contributed by atoms with van der Waals surface area (Å²) >= 11 is 1.44. The van der Waals surface area contributed by atoms with Crippen LogP contribution in [0.1, 0.15) is 29.4 Å². The molecule has 8 nitrogen and oxygen atoms in total. The fraction of sp³-hybridized carbons (Fsp3) is 0.333. The number of carbonyl (C=O) groups is 1. The Morgan fingerprint density at radius 2 is 2.10 bits per heavy atom. The molecule has 0 aliphatic carbocycles. The molecule has 1 aliphatic heterocycles. The summed E-state index contributed by atoms with van der Waals surface area (Å²) in [4.78, 5) is 16.2. The van der Waals surface area contributed by atoms with Crippen molar-refractivity contribution in [3.05, 3.63) is 47.4 Å². The Morgan fingerprint density at radius 3 is 2.76 bits per heavy atom. The van der Waals surface area contributed by atoms with Crippen molar-refractivity contribution in [3.63, 3.8) is 0 Å². The van der Waals surface area contributed by atoms with Gasteiger partial charge in [0.05, 0.1) is 18.3 Å². The summed E-state index contributed by atoms with van der Waals surface area (Å²) in [5.74, 6) is -0.657. The van der Waals surface area contributed by atoms with E-state index in [0.29, 0.717) is 17.2 Å². The summed E-state index contributed by atoms with van der Waals surface area (Å²) in [5.41, 5.74) is 5.64. The molecule has 1 unspecified atom stereocenters. The summed E-state index contributed by atoms with van der Waals surface area (Å²) in [6.45, 7) is 1.87. The number of thioether (sulfide) groups is 1. The number of esters is 1. The predicted molar refractivity (Wildman–Crippen MR) is 110 cm³/mol. The third-order valence-electron chi connectivity index (χ3n) is 4.77. The number of benzene rings is 1. The summed E-state index contributed by atoms with van der Waals surface area (Å²) in [6.07, 6.45) is 0.677. The normalized spacial score (nSPS) is 19.5. The predicted octanol–water partition coefficient (Wildman–Crippen LogP) is 2.42. The number of nitrogens with zero attached hydrogens (tertiary/aromatic N) is 2. The van der Waals surface area contributed by atoms with E-state index in [1.165, 1.54) is 54.8 Å². The molecule has 0 radical (unpaired) electrons. The van der Waals surface area contributed by atoms with Gasteiger partial charge in [0.2, 0.25) is 0 Å². The van der Waals surface area contributed by atoms with Crippen LogP contribution in [0.15, 0.2) is 40.4 Å². The van der Waals surface area contributed by atoms with E-state index in [0.717, 1.165) is 5.75 Å². The van der Waals surface area contributed by atoms with Gasteiger partial charge in [0.15, 0.2) is 10.2 Å².